The number of carboxylic acids is 1. The molecule has 0 aromatic rings. The van der Waals surface area contributed by atoms with Gasteiger partial charge in [-0.15, -0.1) is 0 Å². The van der Waals surface area contributed by atoms with E-state index >= 15 is 0 Å². The number of rotatable bonds is 5. The lowest BCUT2D eigenvalue weighted by Gasteiger charge is -2.41. The van der Waals surface area contributed by atoms with Crippen LogP contribution in [0.1, 0.15) is 20.3 Å². The Morgan fingerprint density at radius 1 is 1.64 bits per heavy atom. The summed E-state index contributed by atoms with van der Waals surface area (Å²) < 4.78 is 0. The summed E-state index contributed by atoms with van der Waals surface area (Å²) in [4.78, 5) is 12.9. The zero-order chi connectivity index (χ0) is 10.7. The fraction of sp³-hybridized carbons (Fsp3) is 0.727. The van der Waals surface area contributed by atoms with Gasteiger partial charge in [-0.1, -0.05) is 26.0 Å². The number of carboxylic acid groups (broad SMARTS) is 1. The van der Waals surface area contributed by atoms with E-state index in [2.05, 4.69) is 18.4 Å². The molecule has 0 bridgehead atoms. The molecule has 14 heavy (non-hydrogen) atoms. The molecule has 3 nitrogen and oxygen atoms in total. The minimum absolute atomic E-state index is 0.207. The maximum Gasteiger partial charge on any atom is 0.306 e. The van der Waals surface area contributed by atoms with E-state index in [4.69, 9.17) is 5.11 Å². The zero-order valence-corrected chi connectivity index (χ0v) is 8.99. The lowest BCUT2D eigenvalue weighted by molar-refractivity contribution is -0.145. The van der Waals surface area contributed by atoms with Gasteiger partial charge in [0.25, 0.3) is 0 Å². The van der Waals surface area contributed by atoms with Crippen LogP contribution < -0.4 is 0 Å². The highest BCUT2D eigenvalue weighted by atomic mass is 16.4. The van der Waals surface area contributed by atoms with Crippen molar-refractivity contribution in [3.8, 4) is 0 Å². The average Bonchev–Trinajstić information content (AvgIpc) is 2.08. The van der Waals surface area contributed by atoms with Crippen molar-refractivity contribution < 1.29 is 9.90 Å². The van der Waals surface area contributed by atoms with E-state index < -0.39 is 5.97 Å². The number of carbonyl (C=O) groups is 1. The molecule has 0 amide bonds. The van der Waals surface area contributed by atoms with E-state index in [-0.39, 0.29) is 5.92 Å². The van der Waals surface area contributed by atoms with Crippen molar-refractivity contribution in [3.63, 3.8) is 0 Å². The molecule has 1 aliphatic heterocycles. The number of aliphatic carboxylic acids is 1. The summed E-state index contributed by atoms with van der Waals surface area (Å²) in [6, 6.07) is 0. The molecule has 1 unspecified atom stereocenters. The molecule has 1 aliphatic rings. The van der Waals surface area contributed by atoms with Crippen molar-refractivity contribution in [2.45, 2.75) is 20.3 Å². The van der Waals surface area contributed by atoms with Crippen molar-refractivity contribution in [1.29, 1.82) is 0 Å². The highest BCUT2D eigenvalue weighted by molar-refractivity contribution is 5.70. The Labute approximate surface area is 85.4 Å². The molecule has 0 spiro atoms. The number of likely N-dealkylation sites (tertiary alicyclic amines) is 1. The minimum atomic E-state index is -0.677. The first-order valence-corrected chi connectivity index (χ1v) is 5.16. The molecule has 3 heteroatoms. The molecule has 80 valence electrons. The van der Waals surface area contributed by atoms with Crippen LogP contribution in [0.5, 0.6) is 0 Å². The molecule has 1 saturated heterocycles. The lowest BCUT2D eigenvalue weighted by Crippen LogP contribution is -2.51. The Morgan fingerprint density at radius 2 is 2.21 bits per heavy atom. The standard InChI is InChI=1S/C11H19NO2/c1-4-8(2)5-12-6-10(7-12)9(3)11(13)14/h9-10H,2,4-7H2,1,3H3,(H,13,14). The van der Waals surface area contributed by atoms with E-state index in [0.717, 1.165) is 26.1 Å². The minimum Gasteiger partial charge on any atom is -0.481 e. The summed E-state index contributed by atoms with van der Waals surface area (Å²) in [6.07, 6.45) is 1.01. The first kappa shape index (κ1) is 11.2. The third-order valence-corrected chi connectivity index (χ3v) is 3.03. The second kappa shape index (κ2) is 4.60. The largest absolute Gasteiger partial charge is 0.481 e. The van der Waals surface area contributed by atoms with Gasteiger partial charge in [-0.25, -0.2) is 0 Å². The van der Waals surface area contributed by atoms with Crippen LogP contribution in [0.3, 0.4) is 0 Å². The van der Waals surface area contributed by atoms with Crippen molar-refractivity contribution >= 4 is 5.97 Å². The molecule has 0 aliphatic carbocycles. The molecule has 1 rings (SSSR count). The summed E-state index contributed by atoms with van der Waals surface area (Å²) in [7, 11) is 0. The highest BCUT2D eigenvalue weighted by Crippen LogP contribution is 2.24. The van der Waals surface area contributed by atoms with Gasteiger partial charge in [0, 0.05) is 19.6 Å². The van der Waals surface area contributed by atoms with Gasteiger partial charge in [-0.2, -0.15) is 0 Å². The smallest absolute Gasteiger partial charge is 0.306 e. The van der Waals surface area contributed by atoms with Crippen LogP contribution in [-0.4, -0.2) is 35.6 Å². The van der Waals surface area contributed by atoms with Gasteiger partial charge >= 0.3 is 5.97 Å². The molecule has 0 aromatic carbocycles. The number of hydrogen-bond acceptors (Lipinski definition) is 2. The Hall–Kier alpha value is -0.830. The van der Waals surface area contributed by atoms with Crippen LogP contribution in [0.25, 0.3) is 0 Å². The maximum atomic E-state index is 10.7. The summed E-state index contributed by atoms with van der Waals surface area (Å²) in [5, 5.41) is 8.80. The maximum absolute atomic E-state index is 10.7. The SMILES string of the molecule is C=C(CC)CN1CC(C(C)C(=O)O)C1. The van der Waals surface area contributed by atoms with Gasteiger partial charge < -0.3 is 5.11 Å². The molecule has 1 atom stereocenters. The molecule has 1 fully saturated rings. The van der Waals surface area contributed by atoms with Crippen LogP contribution in [0, 0.1) is 11.8 Å². The average molecular weight is 197 g/mol. The molecular formula is C11H19NO2. The number of nitrogens with zero attached hydrogens (tertiary/aromatic N) is 1. The molecule has 0 radical (unpaired) electrons. The van der Waals surface area contributed by atoms with E-state index in [9.17, 15) is 4.79 Å². The Balaban J connectivity index is 2.23. The lowest BCUT2D eigenvalue weighted by atomic mass is 9.87. The highest BCUT2D eigenvalue weighted by Gasteiger charge is 2.34. The number of hydrogen-bond donors (Lipinski definition) is 1. The van der Waals surface area contributed by atoms with Gasteiger partial charge in [0.1, 0.15) is 0 Å². The monoisotopic (exact) mass is 197 g/mol. The zero-order valence-electron chi connectivity index (χ0n) is 8.99. The first-order valence-electron chi connectivity index (χ1n) is 5.16. The molecule has 1 heterocycles. The second-order valence-corrected chi connectivity index (χ2v) is 4.18. The fourth-order valence-electron chi connectivity index (χ4n) is 1.68. The van der Waals surface area contributed by atoms with Gasteiger partial charge in [0.15, 0.2) is 0 Å². The first-order chi connectivity index (χ1) is 6.54. The van der Waals surface area contributed by atoms with E-state index in [1.165, 1.54) is 5.57 Å². The van der Waals surface area contributed by atoms with Crippen LogP contribution in [0.2, 0.25) is 0 Å². The Morgan fingerprint density at radius 3 is 2.64 bits per heavy atom. The third kappa shape index (κ3) is 2.58. The predicted molar refractivity (Wildman–Crippen MR) is 56.2 cm³/mol. The third-order valence-electron chi connectivity index (χ3n) is 3.03. The van der Waals surface area contributed by atoms with E-state index in [1.807, 2.05) is 0 Å². The molecule has 1 N–H and O–H groups in total. The summed E-state index contributed by atoms with van der Waals surface area (Å²) in [6.45, 7) is 10.6. The van der Waals surface area contributed by atoms with E-state index in [0.29, 0.717) is 5.92 Å². The quantitative estimate of drug-likeness (QED) is 0.681. The van der Waals surface area contributed by atoms with Crippen LogP contribution >= 0.6 is 0 Å². The van der Waals surface area contributed by atoms with E-state index in [1.54, 1.807) is 6.92 Å². The summed E-state index contributed by atoms with van der Waals surface area (Å²) in [5.41, 5.74) is 1.23. The van der Waals surface area contributed by atoms with Crippen molar-refractivity contribution in [2.24, 2.45) is 11.8 Å². The van der Waals surface area contributed by atoms with Crippen LogP contribution in [-0.2, 0) is 4.79 Å². The van der Waals surface area contributed by atoms with Crippen LogP contribution in [0.15, 0.2) is 12.2 Å². The Kier molecular flexibility index (Phi) is 3.69. The van der Waals surface area contributed by atoms with Gasteiger partial charge in [-0.05, 0) is 12.3 Å². The summed E-state index contributed by atoms with van der Waals surface area (Å²) in [5.74, 6) is -0.553. The van der Waals surface area contributed by atoms with Gasteiger partial charge in [0.05, 0.1) is 5.92 Å². The second-order valence-electron chi connectivity index (χ2n) is 4.18. The molecule has 0 saturated carbocycles. The van der Waals surface area contributed by atoms with Gasteiger partial charge in [-0.3, -0.25) is 9.69 Å². The van der Waals surface area contributed by atoms with Crippen LogP contribution in [0.4, 0.5) is 0 Å². The normalized spacial score (nSPS) is 20.1. The summed E-state index contributed by atoms with van der Waals surface area (Å²) >= 11 is 0. The Bertz CT molecular complexity index is 231. The topological polar surface area (TPSA) is 40.5 Å². The van der Waals surface area contributed by atoms with Gasteiger partial charge in [0.2, 0.25) is 0 Å². The fourth-order valence-corrected chi connectivity index (χ4v) is 1.68. The molecular weight excluding hydrogens is 178 g/mol. The van der Waals surface area contributed by atoms with Crippen molar-refractivity contribution in [1.82, 2.24) is 4.90 Å². The predicted octanol–water partition coefficient (Wildman–Crippen LogP) is 1.61. The van der Waals surface area contributed by atoms with Crippen molar-refractivity contribution in [2.75, 3.05) is 19.6 Å². The van der Waals surface area contributed by atoms with Crippen molar-refractivity contribution in [3.05, 3.63) is 12.2 Å². The molecule has 0 aromatic heterocycles.